The van der Waals surface area contributed by atoms with Crippen LogP contribution in [0.15, 0.2) is 0 Å². The first-order valence-corrected chi connectivity index (χ1v) is 9.44. The third kappa shape index (κ3) is 16.1. The van der Waals surface area contributed by atoms with Crippen LogP contribution in [0.5, 0.6) is 0 Å². The molecule has 8 heteroatoms. The fraction of sp³-hybridized carbons (Fsp3) is 0.875. The summed E-state index contributed by atoms with van der Waals surface area (Å²) in [7, 11) is 0.855. The zero-order valence-electron chi connectivity index (χ0n) is 14.8. The summed E-state index contributed by atoms with van der Waals surface area (Å²) in [6, 6.07) is 0. The number of hydrogen-bond donors (Lipinski definition) is 0. The molecule has 7 nitrogen and oxygen atoms in total. The fourth-order valence-corrected chi connectivity index (χ4v) is 2.50. The Kier molecular flexibility index (Phi) is 16.6. The van der Waals surface area contributed by atoms with E-state index in [2.05, 4.69) is 0 Å². The topological polar surface area (TPSA) is 88.1 Å². The summed E-state index contributed by atoms with van der Waals surface area (Å²) in [5.41, 5.74) is 0. The number of unbranched alkanes of at least 4 members (excludes halogenated alkanes) is 4. The number of rotatable bonds is 18. The van der Waals surface area contributed by atoms with Crippen LogP contribution in [0.3, 0.4) is 0 Å². The van der Waals surface area contributed by atoms with Crippen LogP contribution in [0.2, 0.25) is 0 Å². The van der Waals surface area contributed by atoms with Crippen LogP contribution in [0, 0.1) is 0 Å². The molecule has 0 aliphatic carbocycles. The van der Waals surface area contributed by atoms with Crippen LogP contribution in [0.4, 0.5) is 0 Å². The van der Waals surface area contributed by atoms with E-state index >= 15 is 0 Å². The first-order chi connectivity index (χ1) is 11.6. The lowest BCUT2D eigenvalue weighted by atomic mass is 10.1. The highest BCUT2D eigenvalue weighted by Crippen LogP contribution is 2.23. The summed E-state index contributed by atoms with van der Waals surface area (Å²) in [6.45, 7) is 0.880. The van der Waals surface area contributed by atoms with Gasteiger partial charge in [-0.1, -0.05) is 12.8 Å². The van der Waals surface area contributed by atoms with E-state index in [-0.39, 0.29) is 24.8 Å². The molecule has 0 aliphatic rings. The molecule has 0 amide bonds. The second-order valence-corrected chi connectivity index (χ2v) is 6.42. The van der Waals surface area contributed by atoms with Gasteiger partial charge < -0.3 is 9.47 Å². The van der Waals surface area contributed by atoms with Crippen molar-refractivity contribution in [2.24, 2.45) is 0 Å². The minimum absolute atomic E-state index is 0.121. The van der Waals surface area contributed by atoms with Gasteiger partial charge in [0, 0.05) is 44.8 Å². The molecule has 0 aliphatic heterocycles. The highest BCUT2D eigenvalue weighted by molar-refractivity contribution is 7.33. The predicted octanol–water partition coefficient (Wildman–Crippen LogP) is 3.23. The molecule has 140 valence electrons. The van der Waals surface area contributed by atoms with Gasteiger partial charge in [0.25, 0.3) is 0 Å². The van der Waals surface area contributed by atoms with Crippen molar-refractivity contribution in [2.75, 3.05) is 40.6 Å². The molecule has 0 saturated heterocycles. The summed E-state index contributed by atoms with van der Waals surface area (Å²) in [5, 5.41) is 0. The smallest absolute Gasteiger partial charge is 0.385 e. The molecule has 0 saturated carbocycles. The third-order valence-corrected chi connectivity index (χ3v) is 3.95. The minimum atomic E-state index is -2.43. The van der Waals surface area contributed by atoms with Crippen molar-refractivity contribution < 1.29 is 32.7 Å². The monoisotopic (exact) mass is 365 g/mol. The van der Waals surface area contributed by atoms with Crippen LogP contribution in [0.25, 0.3) is 0 Å². The molecule has 0 fully saturated rings. The number of Topliss-reactive ketones (excluding diaryl/α,β-unsaturated/α-hetero) is 2. The Hall–Kier alpha value is -0.720. The quantitative estimate of drug-likeness (QED) is 0.272. The van der Waals surface area contributed by atoms with E-state index in [4.69, 9.17) is 18.5 Å². The highest BCUT2D eigenvalue weighted by atomic mass is 31.1. The van der Waals surface area contributed by atoms with Crippen molar-refractivity contribution >= 4 is 19.8 Å². The van der Waals surface area contributed by atoms with Crippen molar-refractivity contribution in [3.05, 3.63) is 0 Å². The van der Waals surface area contributed by atoms with Gasteiger partial charge in [0.1, 0.15) is 0 Å². The Balaban J connectivity index is 3.53. The van der Waals surface area contributed by atoms with Crippen molar-refractivity contribution in [3.8, 4) is 0 Å². The van der Waals surface area contributed by atoms with Crippen LogP contribution >= 0.6 is 8.25 Å². The summed E-state index contributed by atoms with van der Waals surface area (Å²) in [4.78, 5) is 23.1. The number of methoxy groups -OCH3 is 2. The van der Waals surface area contributed by atoms with Gasteiger partial charge in [-0.2, -0.15) is 0 Å². The van der Waals surface area contributed by atoms with Crippen LogP contribution in [0.1, 0.15) is 51.4 Å². The van der Waals surface area contributed by atoms with Gasteiger partial charge in [0.15, 0.2) is 24.8 Å². The minimum Gasteiger partial charge on any atom is -0.385 e. The highest BCUT2D eigenvalue weighted by Gasteiger charge is 2.23. The van der Waals surface area contributed by atoms with Gasteiger partial charge in [0.2, 0.25) is 0 Å². The van der Waals surface area contributed by atoms with Crippen molar-refractivity contribution in [3.63, 3.8) is 0 Å². The van der Waals surface area contributed by atoms with E-state index in [0.29, 0.717) is 26.1 Å². The molecule has 0 atom stereocenters. The van der Waals surface area contributed by atoms with Crippen molar-refractivity contribution in [2.45, 2.75) is 51.4 Å². The van der Waals surface area contributed by atoms with Crippen LogP contribution in [-0.2, 0) is 32.7 Å². The third-order valence-electron chi connectivity index (χ3n) is 3.27. The molecule has 0 bridgehead atoms. The molecule has 0 unspecified atom stereocenters. The lowest BCUT2D eigenvalue weighted by Gasteiger charge is -1.99. The van der Waals surface area contributed by atoms with Gasteiger partial charge in [-0.3, -0.25) is 9.59 Å². The molecule has 0 radical (unpaired) electrons. The zero-order valence-corrected chi connectivity index (χ0v) is 15.7. The maximum absolute atomic E-state index is 11.5. The van der Waals surface area contributed by atoms with Crippen molar-refractivity contribution in [1.82, 2.24) is 0 Å². The molecule has 0 heterocycles. The van der Waals surface area contributed by atoms with E-state index in [1.54, 1.807) is 14.2 Å². The van der Waals surface area contributed by atoms with Crippen LogP contribution < -0.4 is 0 Å². The molecule has 0 aromatic carbocycles. The van der Waals surface area contributed by atoms with E-state index in [1.165, 1.54) is 0 Å². The summed E-state index contributed by atoms with van der Waals surface area (Å²) in [5.74, 6) is -0.243. The first-order valence-electron chi connectivity index (χ1n) is 8.34. The van der Waals surface area contributed by atoms with Gasteiger partial charge >= 0.3 is 8.25 Å². The summed E-state index contributed by atoms with van der Waals surface area (Å²) < 4.78 is 31.0. The van der Waals surface area contributed by atoms with Gasteiger partial charge in [0.05, 0.1) is 0 Å². The molecule has 0 spiro atoms. The number of ether oxygens (including phenoxy) is 2. The summed E-state index contributed by atoms with van der Waals surface area (Å²) >= 11 is 0. The standard InChI is InChI=1S/C16H30O7P/c1-20-11-7-3-5-9-15(17)13-22-24(19)23-14-16(18)10-6-4-8-12-21-2/h3-14H2,1-2H3/q+1. The largest absolute Gasteiger partial charge is 0.698 e. The lowest BCUT2D eigenvalue weighted by molar-refractivity contribution is -0.121. The first kappa shape index (κ1) is 23.3. The maximum Gasteiger partial charge on any atom is 0.698 e. The Labute approximate surface area is 145 Å². The number of ketones is 2. The predicted molar refractivity (Wildman–Crippen MR) is 90.2 cm³/mol. The Bertz CT molecular complexity index is 328. The number of carbonyl (C=O) groups excluding carboxylic acids is 2. The fourth-order valence-electron chi connectivity index (χ4n) is 1.92. The second kappa shape index (κ2) is 17.1. The Morgan fingerprint density at radius 3 is 1.50 bits per heavy atom. The van der Waals surface area contributed by atoms with Crippen molar-refractivity contribution in [1.29, 1.82) is 0 Å². The van der Waals surface area contributed by atoms with E-state index in [1.807, 2.05) is 0 Å². The molecule has 0 N–H and O–H groups in total. The Morgan fingerprint density at radius 1 is 0.708 bits per heavy atom. The maximum atomic E-state index is 11.5. The molecular weight excluding hydrogens is 335 g/mol. The lowest BCUT2D eigenvalue weighted by Crippen LogP contribution is -2.08. The molecular formula is C16H30O7P+. The van der Waals surface area contributed by atoms with E-state index < -0.39 is 8.25 Å². The number of hydrogen-bond acceptors (Lipinski definition) is 7. The Morgan fingerprint density at radius 2 is 1.12 bits per heavy atom. The average Bonchev–Trinajstić information content (AvgIpc) is 2.57. The van der Waals surface area contributed by atoms with E-state index in [9.17, 15) is 14.2 Å². The normalized spacial score (nSPS) is 10.8. The van der Waals surface area contributed by atoms with Gasteiger partial charge in [-0.05, 0) is 25.7 Å². The molecule has 24 heavy (non-hydrogen) atoms. The SMILES string of the molecule is COCCCCCC(=O)CO[P+](=O)OCC(=O)CCCCCOC. The van der Waals surface area contributed by atoms with Gasteiger partial charge in [-0.25, -0.2) is 0 Å². The second-order valence-electron chi connectivity index (χ2n) is 5.45. The zero-order chi connectivity index (χ0) is 18.0. The average molecular weight is 365 g/mol. The molecule has 0 rings (SSSR count). The van der Waals surface area contributed by atoms with E-state index in [0.717, 1.165) is 38.5 Å². The van der Waals surface area contributed by atoms with Gasteiger partial charge in [-0.15, -0.1) is 9.05 Å². The number of carbonyl (C=O) groups is 2. The summed E-state index contributed by atoms with van der Waals surface area (Å²) in [6.07, 6.45) is 5.91. The molecule has 0 aromatic heterocycles. The van der Waals surface area contributed by atoms with Crippen LogP contribution in [-0.4, -0.2) is 52.2 Å². The molecule has 0 aromatic rings.